The Balaban J connectivity index is 0.00000220. The van der Waals surface area contributed by atoms with Gasteiger partial charge in [0, 0.05) is 0 Å². The van der Waals surface area contributed by atoms with E-state index in [-0.39, 0.29) is 34.0 Å². The van der Waals surface area contributed by atoms with Gasteiger partial charge in [-0.15, -0.1) is 0 Å². The fraction of sp³-hybridized carbons (Fsp3) is 0.556. The van der Waals surface area contributed by atoms with E-state index in [1.165, 1.54) is 11.1 Å². The molecule has 0 saturated carbocycles. The summed E-state index contributed by atoms with van der Waals surface area (Å²) in [5, 5.41) is 0. The van der Waals surface area contributed by atoms with Crippen LogP contribution in [0, 0.1) is 0 Å². The largest absolute Gasteiger partial charge is 1.00 e. The van der Waals surface area contributed by atoms with Gasteiger partial charge >= 0.3 is 134 Å². The molecule has 2 atom stereocenters. The van der Waals surface area contributed by atoms with E-state index in [4.69, 9.17) is 0 Å². The van der Waals surface area contributed by atoms with Crippen molar-refractivity contribution in [1.29, 1.82) is 0 Å². The Morgan fingerprint density at radius 3 is 1.27 bits per heavy atom. The summed E-state index contributed by atoms with van der Waals surface area (Å²) < 4.78 is 0.857. The molecule has 0 nitrogen and oxygen atoms in total. The summed E-state index contributed by atoms with van der Waals surface area (Å²) >= 11 is -1.70. The molecule has 0 aromatic rings. The minimum atomic E-state index is -1.70. The van der Waals surface area contributed by atoms with Crippen molar-refractivity contribution in [3.63, 3.8) is 0 Å². The van der Waals surface area contributed by atoms with E-state index >= 15 is 0 Å². The van der Waals surface area contributed by atoms with Gasteiger partial charge in [0.1, 0.15) is 0 Å². The molecule has 2 aliphatic carbocycles. The first-order valence-electron chi connectivity index (χ1n) is 7.76. The Labute approximate surface area is 167 Å². The molecule has 0 amide bonds. The molecule has 2 rings (SSSR count). The molecule has 0 fully saturated rings. The van der Waals surface area contributed by atoms with E-state index < -0.39 is 26.8 Å². The van der Waals surface area contributed by atoms with Crippen molar-refractivity contribution in [2.24, 2.45) is 0 Å². The van der Waals surface area contributed by atoms with E-state index in [1.807, 2.05) is 0 Å². The minimum absolute atomic E-state index is 0. The topological polar surface area (TPSA) is 0 Å². The summed E-state index contributed by atoms with van der Waals surface area (Å²) in [5.41, 5.74) is 6.37. The maximum atomic E-state index is 2.61. The van der Waals surface area contributed by atoms with Gasteiger partial charge in [-0.25, -0.2) is 0 Å². The molecule has 2 aliphatic rings. The molecule has 0 bridgehead atoms. The smallest absolute Gasteiger partial charge is 1.00 e. The zero-order valence-electron chi connectivity index (χ0n) is 15.1. The molecule has 0 radical (unpaired) electrons. The van der Waals surface area contributed by atoms with E-state index in [0.29, 0.717) is 6.25 Å². The van der Waals surface area contributed by atoms with E-state index in [0.717, 1.165) is 0 Å². The molecule has 0 aliphatic heterocycles. The molecule has 0 aromatic carbocycles. The SMILES string of the molecule is CC1=C(C)[C](C)([Zr+2]([SiH](C)C)[C]2(C)C=CC(C)=C2C)C=C1.[Br-].[Br-]. The molecule has 123 valence electrons. The third-order valence-electron chi connectivity index (χ3n) is 5.77. The summed E-state index contributed by atoms with van der Waals surface area (Å²) in [7, 11) is 0. The average Bonchev–Trinajstić information content (AvgIpc) is 2.76. The van der Waals surface area contributed by atoms with Gasteiger partial charge in [0.05, 0.1) is 0 Å². The Bertz CT molecular complexity index is 513. The molecule has 22 heavy (non-hydrogen) atoms. The third kappa shape index (κ3) is 3.51. The molecule has 0 saturated heterocycles. The number of hydrogen-bond acceptors (Lipinski definition) is 0. The van der Waals surface area contributed by atoms with Crippen LogP contribution in [0.15, 0.2) is 46.6 Å². The van der Waals surface area contributed by atoms with Crippen LogP contribution in [0.2, 0.25) is 19.3 Å². The zero-order chi connectivity index (χ0) is 15.3. The van der Waals surface area contributed by atoms with Gasteiger partial charge in [0.25, 0.3) is 0 Å². The van der Waals surface area contributed by atoms with Crippen LogP contribution in [-0.4, -0.2) is 5.92 Å². The number of halogens is 2. The first kappa shape index (κ1) is 23.0. The second-order valence-corrected chi connectivity index (χ2v) is 28.6. The molecule has 0 spiro atoms. The van der Waals surface area contributed by atoms with Gasteiger partial charge in [0.15, 0.2) is 0 Å². The van der Waals surface area contributed by atoms with Crippen LogP contribution in [0.3, 0.4) is 0 Å². The summed E-state index contributed by atoms with van der Waals surface area (Å²) in [6, 6.07) is 0. The van der Waals surface area contributed by atoms with Gasteiger partial charge in [-0.05, 0) is 0 Å². The molecular formula is C18H29Br2SiZr. The van der Waals surface area contributed by atoms with Crippen LogP contribution in [0.1, 0.15) is 41.5 Å². The van der Waals surface area contributed by atoms with Gasteiger partial charge in [-0.3, -0.25) is 0 Å². The molecular weight excluding hydrogens is 495 g/mol. The Morgan fingerprint density at radius 2 is 1.09 bits per heavy atom. The predicted octanol–water partition coefficient (Wildman–Crippen LogP) is -0.234. The van der Waals surface area contributed by atoms with Crippen LogP contribution in [0.4, 0.5) is 0 Å². The maximum Gasteiger partial charge on any atom is -1.00 e. The molecule has 2 unspecified atom stereocenters. The summed E-state index contributed by atoms with van der Waals surface area (Å²) in [6.07, 6.45) is 9.92. The molecule has 0 aromatic heterocycles. The minimum Gasteiger partial charge on any atom is -1.00 e. The van der Waals surface area contributed by atoms with E-state index in [9.17, 15) is 0 Å². The Morgan fingerprint density at radius 1 is 0.773 bits per heavy atom. The van der Waals surface area contributed by atoms with Crippen molar-refractivity contribution in [3.05, 3.63) is 46.6 Å². The van der Waals surface area contributed by atoms with E-state index in [2.05, 4.69) is 78.9 Å². The Hall–Kier alpha value is 1.02. The number of hydrogen-bond donors (Lipinski definition) is 0. The number of rotatable bonds is 3. The monoisotopic (exact) mass is 521 g/mol. The first-order valence-corrected chi connectivity index (χ1v) is 17.4. The summed E-state index contributed by atoms with van der Waals surface area (Å²) in [5.74, 6) is -0.632. The van der Waals surface area contributed by atoms with Gasteiger partial charge in [-0.2, -0.15) is 0 Å². The van der Waals surface area contributed by atoms with Crippen molar-refractivity contribution >= 4 is 5.92 Å². The van der Waals surface area contributed by atoms with Crippen molar-refractivity contribution < 1.29 is 54.9 Å². The van der Waals surface area contributed by atoms with Crippen LogP contribution < -0.4 is 34.0 Å². The zero-order valence-corrected chi connectivity index (χ0v) is 21.9. The fourth-order valence-electron chi connectivity index (χ4n) is 4.22. The summed E-state index contributed by atoms with van der Waals surface area (Å²) in [6.45, 7) is 19.7. The molecule has 0 N–H and O–H groups in total. The van der Waals surface area contributed by atoms with Crippen LogP contribution in [0.5, 0.6) is 0 Å². The predicted molar refractivity (Wildman–Crippen MR) is 90.6 cm³/mol. The van der Waals surface area contributed by atoms with Crippen molar-refractivity contribution in [2.75, 3.05) is 0 Å². The van der Waals surface area contributed by atoms with Gasteiger partial charge in [-0.1, -0.05) is 0 Å². The van der Waals surface area contributed by atoms with Crippen molar-refractivity contribution in [1.82, 2.24) is 0 Å². The second-order valence-electron chi connectivity index (χ2n) is 7.26. The van der Waals surface area contributed by atoms with Crippen molar-refractivity contribution in [2.45, 2.75) is 60.9 Å². The van der Waals surface area contributed by atoms with Crippen LogP contribution >= 0.6 is 0 Å². The molecule has 4 heteroatoms. The van der Waals surface area contributed by atoms with Crippen LogP contribution in [-0.2, 0) is 20.9 Å². The first-order chi connectivity index (χ1) is 9.14. The number of allylic oxidation sites excluding steroid dienone is 8. The fourth-order valence-corrected chi connectivity index (χ4v) is 34.9. The van der Waals surface area contributed by atoms with E-state index in [1.54, 1.807) is 11.1 Å². The van der Waals surface area contributed by atoms with Gasteiger partial charge in [0.2, 0.25) is 0 Å². The Kier molecular flexibility index (Phi) is 8.30. The normalized spacial score (nSPS) is 30.0. The quantitative estimate of drug-likeness (QED) is 0.448. The third-order valence-corrected chi connectivity index (χ3v) is 30.7. The van der Waals surface area contributed by atoms with Crippen molar-refractivity contribution in [3.8, 4) is 0 Å². The average molecular weight is 525 g/mol. The molecule has 0 heterocycles. The standard InChI is InChI=1S/2C8H11.C2H7Si.2BrH.Zr/c2*1-6-4-5-7(2)8(6)3;1-3-2;;;/h2*4-5H,1-3H3;3H,1-2H3;2*1H;/q;;;;;+2/p-2. The maximum absolute atomic E-state index is 2.61. The van der Waals surface area contributed by atoms with Gasteiger partial charge < -0.3 is 34.0 Å². The second kappa shape index (κ2) is 7.93. The summed E-state index contributed by atoms with van der Waals surface area (Å²) in [4.78, 5) is 0. The van der Waals surface area contributed by atoms with Crippen LogP contribution in [0.25, 0.3) is 0 Å².